The van der Waals surface area contributed by atoms with Gasteiger partial charge in [-0.1, -0.05) is 12.1 Å². The molecule has 1 atom stereocenters. The van der Waals surface area contributed by atoms with Crippen LogP contribution in [0.15, 0.2) is 47.1 Å². The number of hydrogen-bond donors (Lipinski definition) is 1. The highest BCUT2D eigenvalue weighted by atomic mass is 32.1. The Kier molecular flexibility index (Phi) is 5.32. The van der Waals surface area contributed by atoms with Gasteiger partial charge in [-0.2, -0.15) is 0 Å². The number of aryl methyl sites for hydroxylation is 1. The molecule has 1 amide bonds. The lowest BCUT2D eigenvalue weighted by Gasteiger charge is -2.26. The molecule has 1 N–H and O–H groups in total. The van der Waals surface area contributed by atoms with Gasteiger partial charge in [0, 0.05) is 19.4 Å². The average Bonchev–Trinajstić information content (AvgIpc) is 3.40. The van der Waals surface area contributed by atoms with Crippen molar-refractivity contribution in [2.75, 3.05) is 19.6 Å². The number of amides is 1. The maximum Gasteiger partial charge on any atom is 0.220 e. The van der Waals surface area contributed by atoms with Crippen LogP contribution in [0.2, 0.25) is 0 Å². The molecule has 4 rings (SSSR count). The Balaban J connectivity index is 1.32. The zero-order valence-corrected chi connectivity index (χ0v) is 15.5. The molecule has 1 saturated heterocycles. The molecular formula is C20H23N3O2S. The second-order valence-corrected chi connectivity index (χ2v) is 7.77. The molecule has 1 aromatic carbocycles. The van der Waals surface area contributed by atoms with Gasteiger partial charge in [0.2, 0.25) is 5.91 Å². The second kappa shape index (κ2) is 8.01. The van der Waals surface area contributed by atoms with E-state index in [4.69, 9.17) is 4.42 Å². The van der Waals surface area contributed by atoms with Crippen LogP contribution in [0.1, 0.15) is 36.1 Å². The Morgan fingerprint density at radius 2 is 2.08 bits per heavy atom. The molecule has 5 nitrogen and oxygen atoms in total. The molecule has 0 saturated carbocycles. The fourth-order valence-corrected chi connectivity index (χ4v) is 4.46. The summed E-state index contributed by atoms with van der Waals surface area (Å²) in [6.45, 7) is 2.71. The van der Waals surface area contributed by atoms with E-state index in [2.05, 4.69) is 21.3 Å². The molecular weight excluding hydrogens is 346 g/mol. The van der Waals surface area contributed by atoms with Crippen molar-refractivity contribution in [3.8, 4) is 0 Å². The Hall–Kier alpha value is -2.18. The maximum absolute atomic E-state index is 12.3. The highest BCUT2D eigenvalue weighted by molar-refractivity contribution is 7.18. The summed E-state index contributed by atoms with van der Waals surface area (Å²) in [6, 6.07) is 12.1. The first-order valence-electron chi connectivity index (χ1n) is 9.18. The first-order chi connectivity index (χ1) is 12.8. The van der Waals surface area contributed by atoms with Crippen molar-refractivity contribution in [3.05, 3.63) is 53.4 Å². The maximum atomic E-state index is 12.3. The summed E-state index contributed by atoms with van der Waals surface area (Å²) in [7, 11) is 0. The minimum atomic E-state index is 0.0695. The third-order valence-electron chi connectivity index (χ3n) is 4.85. The van der Waals surface area contributed by atoms with Crippen LogP contribution in [0.4, 0.5) is 0 Å². The van der Waals surface area contributed by atoms with Crippen LogP contribution >= 0.6 is 11.3 Å². The van der Waals surface area contributed by atoms with E-state index >= 15 is 0 Å². The molecule has 1 aliphatic rings. The summed E-state index contributed by atoms with van der Waals surface area (Å²) in [4.78, 5) is 19.3. The molecule has 1 unspecified atom stereocenters. The normalized spacial score (nSPS) is 16.2. The van der Waals surface area contributed by atoms with Crippen molar-refractivity contribution in [2.24, 2.45) is 0 Å². The van der Waals surface area contributed by atoms with Crippen LogP contribution in [0, 0.1) is 0 Å². The van der Waals surface area contributed by atoms with Crippen LogP contribution in [0.25, 0.3) is 10.2 Å². The van der Waals surface area contributed by atoms with E-state index in [-0.39, 0.29) is 11.9 Å². The number of rotatable bonds is 7. The summed E-state index contributed by atoms with van der Waals surface area (Å²) < 4.78 is 6.78. The largest absolute Gasteiger partial charge is 0.468 e. The molecule has 6 heteroatoms. The molecule has 0 bridgehead atoms. The van der Waals surface area contributed by atoms with Crippen LogP contribution < -0.4 is 5.32 Å². The van der Waals surface area contributed by atoms with E-state index in [1.165, 1.54) is 17.5 Å². The van der Waals surface area contributed by atoms with Crippen LogP contribution in [0.3, 0.4) is 0 Å². The van der Waals surface area contributed by atoms with Gasteiger partial charge in [-0.15, -0.1) is 11.3 Å². The molecule has 3 heterocycles. The number of furan rings is 1. The fourth-order valence-electron chi connectivity index (χ4n) is 3.49. The van der Waals surface area contributed by atoms with E-state index in [0.29, 0.717) is 19.4 Å². The number of aromatic nitrogens is 1. The lowest BCUT2D eigenvalue weighted by Crippen LogP contribution is -2.36. The molecule has 0 radical (unpaired) electrons. The smallest absolute Gasteiger partial charge is 0.220 e. The number of carbonyl (C=O) groups excluding carboxylic acids is 1. The predicted octanol–water partition coefficient (Wildman–Crippen LogP) is 3.78. The van der Waals surface area contributed by atoms with E-state index in [0.717, 1.165) is 29.4 Å². The van der Waals surface area contributed by atoms with Gasteiger partial charge in [-0.25, -0.2) is 4.98 Å². The molecule has 1 aliphatic heterocycles. The van der Waals surface area contributed by atoms with Gasteiger partial charge in [0.15, 0.2) is 0 Å². The number of hydrogen-bond acceptors (Lipinski definition) is 5. The lowest BCUT2D eigenvalue weighted by molar-refractivity contribution is -0.121. The fraction of sp³-hybridized carbons (Fsp3) is 0.400. The number of nitrogens with one attached hydrogen (secondary N) is 1. The summed E-state index contributed by atoms with van der Waals surface area (Å²) in [5, 5.41) is 4.11. The van der Waals surface area contributed by atoms with Crippen molar-refractivity contribution in [3.63, 3.8) is 0 Å². The second-order valence-electron chi connectivity index (χ2n) is 6.65. The van der Waals surface area contributed by atoms with E-state index < -0.39 is 0 Å². The van der Waals surface area contributed by atoms with Crippen LogP contribution in [-0.2, 0) is 11.2 Å². The SMILES string of the molecule is O=C(CCc1nc2ccccc2s1)NCC(c1ccco1)N1CCCC1. The van der Waals surface area contributed by atoms with E-state index in [1.54, 1.807) is 17.6 Å². The number of para-hydroxylation sites is 1. The molecule has 136 valence electrons. The third-order valence-corrected chi connectivity index (χ3v) is 5.95. The van der Waals surface area contributed by atoms with Crippen molar-refractivity contribution in [2.45, 2.75) is 31.7 Å². The molecule has 3 aromatic rings. The van der Waals surface area contributed by atoms with Crippen molar-refractivity contribution >= 4 is 27.5 Å². The Bertz CT molecular complexity index is 820. The number of thiazole rings is 1. The van der Waals surface area contributed by atoms with Gasteiger partial charge in [-0.05, 0) is 50.2 Å². The van der Waals surface area contributed by atoms with Crippen molar-refractivity contribution in [1.82, 2.24) is 15.2 Å². The first kappa shape index (κ1) is 17.2. The summed E-state index contributed by atoms with van der Waals surface area (Å²) in [5.41, 5.74) is 1.01. The minimum Gasteiger partial charge on any atom is -0.468 e. The van der Waals surface area contributed by atoms with Gasteiger partial charge < -0.3 is 9.73 Å². The Labute approximate surface area is 157 Å². The van der Waals surface area contributed by atoms with Crippen LogP contribution in [0.5, 0.6) is 0 Å². The predicted molar refractivity (Wildman–Crippen MR) is 103 cm³/mol. The number of carbonyl (C=O) groups is 1. The Morgan fingerprint density at radius 1 is 1.23 bits per heavy atom. The zero-order valence-electron chi connectivity index (χ0n) is 14.7. The van der Waals surface area contributed by atoms with Gasteiger partial charge in [0.05, 0.1) is 27.5 Å². The Morgan fingerprint density at radius 3 is 2.85 bits per heavy atom. The molecule has 2 aromatic heterocycles. The highest BCUT2D eigenvalue weighted by Crippen LogP contribution is 2.25. The first-order valence-corrected chi connectivity index (χ1v) is 10.00. The molecule has 1 fully saturated rings. The van der Waals surface area contributed by atoms with Crippen LogP contribution in [-0.4, -0.2) is 35.4 Å². The topological polar surface area (TPSA) is 58.4 Å². The lowest BCUT2D eigenvalue weighted by atomic mass is 10.2. The number of nitrogens with zero attached hydrogens (tertiary/aromatic N) is 2. The summed E-state index contributed by atoms with van der Waals surface area (Å²) in [6.07, 6.45) is 5.27. The molecule has 0 aliphatic carbocycles. The average molecular weight is 369 g/mol. The molecule has 26 heavy (non-hydrogen) atoms. The van der Waals surface area contributed by atoms with E-state index in [1.807, 2.05) is 30.3 Å². The third kappa shape index (κ3) is 3.97. The van der Waals surface area contributed by atoms with Crippen molar-refractivity contribution < 1.29 is 9.21 Å². The molecule has 0 spiro atoms. The van der Waals surface area contributed by atoms with Gasteiger partial charge >= 0.3 is 0 Å². The van der Waals surface area contributed by atoms with Gasteiger partial charge in [0.1, 0.15) is 5.76 Å². The highest BCUT2D eigenvalue weighted by Gasteiger charge is 2.25. The minimum absolute atomic E-state index is 0.0695. The van der Waals surface area contributed by atoms with Gasteiger partial charge in [0.25, 0.3) is 0 Å². The number of benzene rings is 1. The van der Waals surface area contributed by atoms with Gasteiger partial charge in [-0.3, -0.25) is 9.69 Å². The van der Waals surface area contributed by atoms with Crippen molar-refractivity contribution in [1.29, 1.82) is 0 Å². The van der Waals surface area contributed by atoms with E-state index in [9.17, 15) is 4.79 Å². The number of likely N-dealkylation sites (tertiary alicyclic amines) is 1. The zero-order chi connectivity index (χ0) is 17.8. The summed E-state index contributed by atoms with van der Waals surface area (Å²) >= 11 is 1.67. The number of fused-ring (bicyclic) bond motifs is 1. The summed E-state index contributed by atoms with van der Waals surface area (Å²) in [5.74, 6) is 0.999. The quantitative estimate of drug-likeness (QED) is 0.689. The standard InChI is InChI=1S/C20H23N3O2S/c24-19(9-10-20-22-15-6-1-2-8-18(15)26-20)21-14-16(17-7-5-13-25-17)23-11-3-4-12-23/h1-2,5-8,13,16H,3-4,9-12,14H2,(H,21,24). The monoisotopic (exact) mass is 369 g/mol.